The lowest BCUT2D eigenvalue weighted by atomic mass is 10.1. The summed E-state index contributed by atoms with van der Waals surface area (Å²) in [6, 6.07) is 6.62. The normalized spacial score (nSPS) is 16.2. The molecule has 2 heterocycles. The number of hydrogen-bond donors (Lipinski definition) is 1. The summed E-state index contributed by atoms with van der Waals surface area (Å²) in [4.78, 5) is 14.9. The second-order valence-corrected chi connectivity index (χ2v) is 4.50. The zero-order valence-corrected chi connectivity index (χ0v) is 10.8. The van der Waals surface area contributed by atoms with E-state index in [-0.39, 0.29) is 10.6 Å². The number of anilines is 1. The summed E-state index contributed by atoms with van der Waals surface area (Å²) < 4.78 is 5.29. The zero-order valence-electron chi connectivity index (χ0n) is 10.8. The highest BCUT2D eigenvalue weighted by Crippen LogP contribution is 2.29. The number of aromatic nitrogens is 1. The standard InChI is InChI=1S/C13H14N4O3/c18-17(19)12-4-3-11(13-10(12)2-1-5-14-13)15-16-6-8-20-9-7-16/h1-5,15H,6-9H2. The van der Waals surface area contributed by atoms with Gasteiger partial charge in [-0.3, -0.25) is 15.1 Å². The number of nitro benzene ring substituents is 1. The number of rotatable bonds is 3. The Balaban J connectivity index is 1.99. The van der Waals surface area contributed by atoms with Crippen LogP contribution in [0.15, 0.2) is 30.5 Å². The average molecular weight is 274 g/mol. The lowest BCUT2D eigenvalue weighted by molar-refractivity contribution is -0.383. The van der Waals surface area contributed by atoms with Crippen molar-refractivity contribution in [1.29, 1.82) is 0 Å². The van der Waals surface area contributed by atoms with Crippen molar-refractivity contribution < 1.29 is 9.66 Å². The lowest BCUT2D eigenvalue weighted by Gasteiger charge is -2.28. The molecule has 1 aliphatic heterocycles. The van der Waals surface area contributed by atoms with Crippen molar-refractivity contribution in [2.75, 3.05) is 31.7 Å². The average Bonchev–Trinajstić information content (AvgIpc) is 2.48. The molecule has 0 atom stereocenters. The quantitative estimate of drug-likeness (QED) is 0.679. The van der Waals surface area contributed by atoms with Crippen molar-refractivity contribution in [3.8, 4) is 0 Å². The molecule has 0 bridgehead atoms. The number of hydrogen-bond acceptors (Lipinski definition) is 6. The fraction of sp³-hybridized carbons (Fsp3) is 0.308. The van der Waals surface area contributed by atoms with Crippen LogP contribution in [-0.2, 0) is 4.74 Å². The van der Waals surface area contributed by atoms with Gasteiger partial charge in [0.15, 0.2) is 0 Å². The minimum Gasteiger partial charge on any atom is -0.379 e. The second-order valence-electron chi connectivity index (χ2n) is 4.50. The van der Waals surface area contributed by atoms with E-state index in [9.17, 15) is 10.1 Å². The van der Waals surface area contributed by atoms with Crippen LogP contribution in [0.25, 0.3) is 10.9 Å². The Morgan fingerprint density at radius 2 is 2.10 bits per heavy atom. The predicted octanol–water partition coefficient (Wildman–Crippen LogP) is 1.80. The van der Waals surface area contributed by atoms with Gasteiger partial charge in [-0.05, 0) is 18.2 Å². The lowest BCUT2D eigenvalue weighted by Crippen LogP contribution is -2.40. The molecule has 1 fully saturated rings. The molecule has 0 radical (unpaired) electrons. The molecule has 20 heavy (non-hydrogen) atoms. The number of benzene rings is 1. The maximum atomic E-state index is 11.0. The molecule has 0 unspecified atom stereocenters. The molecule has 1 aliphatic rings. The number of nitrogens with zero attached hydrogens (tertiary/aromatic N) is 3. The minimum absolute atomic E-state index is 0.0700. The minimum atomic E-state index is -0.386. The van der Waals surface area contributed by atoms with Gasteiger partial charge in [-0.2, -0.15) is 0 Å². The summed E-state index contributed by atoms with van der Waals surface area (Å²) in [6.45, 7) is 2.88. The summed E-state index contributed by atoms with van der Waals surface area (Å²) in [7, 11) is 0. The number of ether oxygens (including phenoxy) is 1. The van der Waals surface area contributed by atoms with Crippen molar-refractivity contribution in [2.45, 2.75) is 0 Å². The van der Waals surface area contributed by atoms with Gasteiger partial charge in [0.05, 0.1) is 29.2 Å². The van der Waals surface area contributed by atoms with E-state index in [4.69, 9.17) is 4.74 Å². The van der Waals surface area contributed by atoms with Crippen molar-refractivity contribution in [2.24, 2.45) is 0 Å². The van der Waals surface area contributed by atoms with E-state index in [1.165, 1.54) is 6.07 Å². The van der Waals surface area contributed by atoms with E-state index < -0.39 is 0 Å². The molecular formula is C13H14N4O3. The van der Waals surface area contributed by atoms with E-state index in [1.807, 2.05) is 5.01 Å². The first-order chi connectivity index (χ1) is 9.75. The van der Waals surface area contributed by atoms with Crippen molar-refractivity contribution in [3.63, 3.8) is 0 Å². The van der Waals surface area contributed by atoms with Crippen molar-refractivity contribution >= 4 is 22.3 Å². The molecule has 7 heteroatoms. The number of hydrazine groups is 1. The van der Waals surface area contributed by atoms with Gasteiger partial charge in [-0.25, -0.2) is 5.01 Å². The first kappa shape index (κ1) is 12.8. The third-order valence-corrected chi connectivity index (χ3v) is 3.23. The zero-order chi connectivity index (χ0) is 13.9. The van der Waals surface area contributed by atoms with Gasteiger partial charge in [-0.15, -0.1) is 0 Å². The first-order valence-corrected chi connectivity index (χ1v) is 6.37. The Labute approximate surface area is 115 Å². The molecule has 2 aromatic rings. The summed E-state index contributed by atoms with van der Waals surface area (Å²) in [5.41, 5.74) is 4.70. The summed E-state index contributed by atoms with van der Waals surface area (Å²) >= 11 is 0. The number of non-ortho nitro benzene ring substituents is 1. The van der Waals surface area contributed by atoms with Crippen LogP contribution in [0.5, 0.6) is 0 Å². The van der Waals surface area contributed by atoms with E-state index in [1.54, 1.807) is 24.4 Å². The van der Waals surface area contributed by atoms with Crippen LogP contribution in [0.2, 0.25) is 0 Å². The number of morpholine rings is 1. The molecule has 7 nitrogen and oxygen atoms in total. The second kappa shape index (κ2) is 5.40. The Kier molecular flexibility index (Phi) is 3.44. The third-order valence-electron chi connectivity index (χ3n) is 3.23. The molecule has 1 saturated heterocycles. The largest absolute Gasteiger partial charge is 0.379 e. The van der Waals surface area contributed by atoms with Gasteiger partial charge in [0.2, 0.25) is 0 Å². The summed E-state index contributed by atoms with van der Waals surface area (Å²) in [5.74, 6) is 0. The van der Waals surface area contributed by atoms with Crippen LogP contribution in [0.1, 0.15) is 0 Å². The monoisotopic (exact) mass is 274 g/mol. The number of pyridine rings is 1. The molecule has 0 spiro atoms. The molecular weight excluding hydrogens is 260 g/mol. The molecule has 0 aliphatic carbocycles. The fourth-order valence-electron chi connectivity index (χ4n) is 2.25. The van der Waals surface area contributed by atoms with E-state index >= 15 is 0 Å². The van der Waals surface area contributed by atoms with Gasteiger partial charge in [0.1, 0.15) is 5.52 Å². The predicted molar refractivity (Wildman–Crippen MR) is 74.4 cm³/mol. The third kappa shape index (κ3) is 2.40. The summed E-state index contributed by atoms with van der Waals surface area (Å²) in [5, 5.41) is 13.6. The van der Waals surface area contributed by atoms with Crippen LogP contribution in [0.4, 0.5) is 11.4 Å². The van der Waals surface area contributed by atoms with Gasteiger partial charge >= 0.3 is 0 Å². The fourth-order valence-corrected chi connectivity index (χ4v) is 2.25. The molecule has 3 rings (SSSR count). The van der Waals surface area contributed by atoms with Crippen LogP contribution < -0.4 is 5.43 Å². The van der Waals surface area contributed by atoms with E-state index in [2.05, 4.69) is 10.4 Å². The molecule has 1 aromatic heterocycles. The highest BCUT2D eigenvalue weighted by molar-refractivity contribution is 5.96. The molecule has 0 amide bonds. The van der Waals surface area contributed by atoms with E-state index in [0.717, 1.165) is 18.8 Å². The van der Waals surface area contributed by atoms with Crippen LogP contribution in [-0.4, -0.2) is 41.2 Å². The van der Waals surface area contributed by atoms with Gasteiger partial charge < -0.3 is 10.2 Å². The van der Waals surface area contributed by atoms with Gasteiger partial charge in [-0.1, -0.05) is 0 Å². The highest BCUT2D eigenvalue weighted by atomic mass is 16.6. The first-order valence-electron chi connectivity index (χ1n) is 6.37. The Morgan fingerprint density at radius 1 is 1.30 bits per heavy atom. The van der Waals surface area contributed by atoms with Crippen LogP contribution in [0, 0.1) is 10.1 Å². The number of nitro groups is 1. The maximum absolute atomic E-state index is 11.0. The molecule has 1 aromatic carbocycles. The molecule has 0 saturated carbocycles. The van der Waals surface area contributed by atoms with Gasteiger partial charge in [0, 0.05) is 25.4 Å². The molecule has 104 valence electrons. The summed E-state index contributed by atoms with van der Waals surface area (Å²) in [6.07, 6.45) is 1.64. The van der Waals surface area contributed by atoms with Crippen LogP contribution >= 0.6 is 0 Å². The molecule has 1 N–H and O–H groups in total. The van der Waals surface area contributed by atoms with Crippen molar-refractivity contribution in [1.82, 2.24) is 9.99 Å². The SMILES string of the molecule is O=[N+]([O-])c1ccc(NN2CCOCC2)c2ncccc12. The van der Waals surface area contributed by atoms with E-state index in [0.29, 0.717) is 24.1 Å². The topological polar surface area (TPSA) is 80.5 Å². The van der Waals surface area contributed by atoms with Crippen LogP contribution in [0.3, 0.4) is 0 Å². The number of nitrogens with one attached hydrogen (secondary N) is 1. The smallest absolute Gasteiger partial charge is 0.278 e. The Morgan fingerprint density at radius 3 is 2.85 bits per heavy atom. The Bertz CT molecular complexity index is 641. The van der Waals surface area contributed by atoms with Crippen molar-refractivity contribution in [3.05, 3.63) is 40.6 Å². The maximum Gasteiger partial charge on any atom is 0.278 e. The van der Waals surface area contributed by atoms with Gasteiger partial charge in [0.25, 0.3) is 5.69 Å². The Hall–Kier alpha value is -2.25. The highest BCUT2D eigenvalue weighted by Gasteiger charge is 2.17. The number of fused-ring (bicyclic) bond motifs is 1.